The van der Waals surface area contributed by atoms with Gasteiger partial charge >= 0.3 is 0 Å². The lowest BCUT2D eigenvalue weighted by molar-refractivity contribution is -0.385. The average molecular weight is 274 g/mol. The quantitative estimate of drug-likeness (QED) is 0.663. The summed E-state index contributed by atoms with van der Waals surface area (Å²) >= 11 is 0. The van der Waals surface area contributed by atoms with Crippen LogP contribution in [0.5, 0.6) is 0 Å². The zero-order chi connectivity index (χ0) is 14.1. The van der Waals surface area contributed by atoms with Crippen molar-refractivity contribution >= 4 is 5.69 Å². The minimum absolute atomic E-state index is 0.0540. The van der Waals surface area contributed by atoms with Gasteiger partial charge in [-0.15, -0.1) is 0 Å². The van der Waals surface area contributed by atoms with Gasteiger partial charge < -0.3 is 9.84 Å². The van der Waals surface area contributed by atoms with Gasteiger partial charge in [0.15, 0.2) is 5.82 Å². The Hall–Kier alpha value is -2.28. The summed E-state index contributed by atoms with van der Waals surface area (Å²) < 4.78 is 5.15. The number of nitro groups is 1. The fourth-order valence-corrected chi connectivity index (χ4v) is 1.91. The molecule has 1 aromatic carbocycles. The van der Waals surface area contributed by atoms with Gasteiger partial charge in [-0.05, 0) is 25.8 Å². The molecule has 1 aliphatic carbocycles. The number of aryl methyl sites for hydroxylation is 1. The molecule has 0 amide bonds. The van der Waals surface area contributed by atoms with Crippen molar-refractivity contribution in [3.63, 3.8) is 0 Å². The van der Waals surface area contributed by atoms with E-state index in [9.17, 15) is 10.1 Å². The maximum Gasteiger partial charge on any atom is 0.273 e. The van der Waals surface area contributed by atoms with E-state index in [-0.39, 0.29) is 5.69 Å². The number of nitro benzene ring substituents is 1. The van der Waals surface area contributed by atoms with E-state index in [0.717, 1.165) is 0 Å². The molecule has 20 heavy (non-hydrogen) atoms. The number of rotatable bonds is 5. The molecule has 0 atom stereocenters. The molecule has 104 valence electrons. The second-order valence-corrected chi connectivity index (χ2v) is 4.93. The van der Waals surface area contributed by atoms with Gasteiger partial charge in [0.25, 0.3) is 11.6 Å². The van der Waals surface area contributed by atoms with Crippen LogP contribution in [-0.2, 0) is 6.54 Å². The topological polar surface area (TPSA) is 94.1 Å². The van der Waals surface area contributed by atoms with Crippen LogP contribution in [0.2, 0.25) is 0 Å². The number of nitrogens with zero attached hydrogens (tertiary/aromatic N) is 3. The van der Waals surface area contributed by atoms with Crippen molar-refractivity contribution in [2.45, 2.75) is 32.4 Å². The van der Waals surface area contributed by atoms with Crippen LogP contribution in [0.1, 0.15) is 24.2 Å². The standard InChI is InChI=1S/C13H14N4O3/c1-8-2-3-9(6-11(8)17(18)19)13-15-12(16-20-13)7-14-10-4-5-10/h2-3,6,10,14H,4-5,7H2,1H3. The molecule has 3 rings (SSSR count). The highest BCUT2D eigenvalue weighted by Crippen LogP contribution is 2.26. The molecule has 0 radical (unpaired) electrons. The van der Waals surface area contributed by atoms with Crippen LogP contribution in [0.4, 0.5) is 5.69 Å². The van der Waals surface area contributed by atoms with Crippen LogP contribution in [0.25, 0.3) is 11.5 Å². The highest BCUT2D eigenvalue weighted by molar-refractivity contribution is 5.59. The van der Waals surface area contributed by atoms with Gasteiger partial charge in [0.2, 0.25) is 0 Å². The lowest BCUT2D eigenvalue weighted by atomic mass is 10.1. The highest BCUT2D eigenvalue weighted by Gasteiger charge is 2.21. The number of benzene rings is 1. The van der Waals surface area contributed by atoms with Crippen molar-refractivity contribution in [3.05, 3.63) is 39.7 Å². The maximum absolute atomic E-state index is 10.9. The number of hydrogen-bond acceptors (Lipinski definition) is 6. The summed E-state index contributed by atoms with van der Waals surface area (Å²) in [6.45, 7) is 2.25. The predicted molar refractivity (Wildman–Crippen MR) is 71.0 cm³/mol. The Morgan fingerprint density at radius 3 is 3.00 bits per heavy atom. The average Bonchev–Trinajstić information content (AvgIpc) is 3.14. The fraction of sp³-hybridized carbons (Fsp3) is 0.385. The third-order valence-electron chi connectivity index (χ3n) is 3.25. The highest BCUT2D eigenvalue weighted by atomic mass is 16.6. The monoisotopic (exact) mass is 274 g/mol. The Labute approximate surface area is 115 Å². The van der Waals surface area contributed by atoms with Gasteiger partial charge in [0, 0.05) is 23.2 Å². The van der Waals surface area contributed by atoms with Crippen molar-refractivity contribution in [3.8, 4) is 11.5 Å². The minimum atomic E-state index is -0.412. The molecule has 1 fully saturated rings. The van der Waals surface area contributed by atoms with E-state index in [2.05, 4.69) is 15.5 Å². The maximum atomic E-state index is 10.9. The summed E-state index contributed by atoms with van der Waals surface area (Å²) in [6, 6.07) is 5.45. The Kier molecular flexibility index (Phi) is 3.19. The third-order valence-corrected chi connectivity index (χ3v) is 3.25. The molecular formula is C13H14N4O3. The van der Waals surface area contributed by atoms with E-state index >= 15 is 0 Å². The molecule has 2 aromatic rings. The molecule has 7 heteroatoms. The fourth-order valence-electron chi connectivity index (χ4n) is 1.91. The molecule has 1 aliphatic rings. The molecule has 0 saturated heterocycles. The Bertz CT molecular complexity index is 649. The third kappa shape index (κ3) is 2.67. The second-order valence-electron chi connectivity index (χ2n) is 4.93. The van der Waals surface area contributed by atoms with Crippen molar-refractivity contribution in [2.24, 2.45) is 0 Å². The van der Waals surface area contributed by atoms with Gasteiger partial charge in [-0.3, -0.25) is 10.1 Å². The molecule has 0 aliphatic heterocycles. The summed E-state index contributed by atoms with van der Waals surface area (Å²) in [5.74, 6) is 0.871. The van der Waals surface area contributed by atoms with Crippen molar-refractivity contribution in [1.82, 2.24) is 15.5 Å². The Morgan fingerprint density at radius 1 is 1.50 bits per heavy atom. The molecule has 0 bridgehead atoms. The first-order valence-corrected chi connectivity index (χ1v) is 6.45. The van der Waals surface area contributed by atoms with Gasteiger partial charge in [0.1, 0.15) is 0 Å². The first-order chi connectivity index (χ1) is 9.63. The smallest absolute Gasteiger partial charge is 0.273 e. The van der Waals surface area contributed by atoms with Crippen LogP contribution in [0.15, 0.2) is 22.7 Å². The summed E-state index contributed by atoms with van der Waals surface area (Å²) in [5.41, 5.74) is 1.22. The van der Waals surface area contributed by atoms with E-state index in [4.69, 9.17) is 4.52 Å². The van der Waals surface area contributed by atoms with Crippen LogP contribution in [0, 0.1) is 17.0 Å². The lowest BCUT2D eigenvalue weighted by Crippen LogP contribution is -2.16. The zero-order valence-corrected chi connectivity index (χ0v) is 11.0. The zero-order valence-electron chi connectivity index (χ0n) is 11.0. The molecule has 1 N–H and O–H groups in total. The van der Waals surface area contributed by atoms with E-state index in [1.807, 2.05) is 0 Å². The van der Waals surface area contributed by atoms with Crippen molar-refractivity contribution in [2.75, 3.05) is 0 Å². The summed E-state index contributed by atoms with van der Waals surface area (Å²) in [7, 11) is 0. The minimum Gasteiger partial charge on any atom is -0.334 e. The Balaban J connectivity index is 1.81. The molecule has 7 nitrogen and oxygen atoms in total. The van der Waals surface area contributed by atoms with Crippen LogP contribution in [0.3, 0.4) is 0 Å². The Morgan fingerprint density at radius 2 is 2.30 bits per heavy atom. The van der Waals surface area contributed by atoms with Gasteiger partial charge in [0.05, 0.1) is 11.5 Å². The largest absolute Gasteiger partial charge is 0.334 e. The summed E-state index contributed by atoms with van der Waals surface area (Å²) in [6.07, 6.45) is 2.38. The summed E-state index contributed by atoms with van der Waals surface area (Å²) in [4.78, 5) is 14.8. The van der Waals surface area contributed by atoms with Crippen LogP contribution >= 0.6 is 0 Å². The van der Waals surface area contributed by atoms with Gasteiger partial charge in [-0.1, -0.05) is 11.2 Å². The number of aromatic nitrogens is 2. The first kappa shape index (κ1) is 12.7. The van der Waals surface area contributed by atoms with Crippen LogP contribution < -0.4 is 5.32 Å². The SMILES string of the molecule is Cc1ccc(-c2nc(CNC3CC3)no2)cc1[N+](=O)[O-]. The molecule has 0 unspecified atom stereocenters. The molecular weight excluding hydrogens is 260 g/mol. The lowest BCUT2D eigenvalue weighted by Gasteiger charge is -1.98. The molecule has 1 aromatic heterocycles. The summed E-state index contributed by atoms with van der Waals surface area (Å²) in [5, 5.41) is 18.1. The first-order valence-electron chi connectivity index (χ1n) is 6.45. The van der Waals surface area contributed by atoms with Crippen molar-refractivity contribution < 1.29 is 9.45 Å². The molecule has 1 saturated carbocycles. The van der Waals surface area contributed by atoms with Gasteiger partial charge in [-0.25, -0.2) is 0 Å². The molecule has 1 heterocycles. The van der Waals surface area contributed by atoms with E-state index < -0.39 is 4.92 Å². The number of nitrogens with one attached hydrogen (secondary N) is 1. The van der Waals surface area contributed by atoms with Crippen LogP contribution in [-0.4, -0.2) is 21.1 Å². The predicted octanol–water partition coefficient (Wildman–Crippen LogP) is 2.21. The molecule has 0 spiro atoms. The number of hydrogen-bond donors (Lipinski definition) is 1. The van der Waals surface area contributed by atoms with E-state index in [1.165, 1.54) is 18.9 Å². The van der Waals surface area contributed by atoms with E-state index in [1.54, 1.807) is 19.1 Å². The normalized spacial score (nSPS) is 14.4. The van der Waals surface area contributed by atoms with Gasteiger partial charge in [-0.2, -0.15) is 4.98 Å². The van der Waals surface area contributed by atoms with E-state index in [0.29, 0.717) is 35.4 Å². The van der Waals surface area contributed by atoms with Crippen molar-refractivity contribution in [1.29, 1.82) is 0 Å². The second kappa shape index (κ2) is 5.01.